The van der Waals surface area contributed by atoms with Crippen molar-refractivity contribution < 1.29 is 4.79 Å². The SMILES string of the molecule is CCN(CC)C(=O)c1cnc(Nc2ccccc2C(C)C)cn1. The number of hydrogen-bond donors (Lipinski definition) is 1. The summed E-state index contributed by atoms with van der Waals surface area (Å²) in [6.45, 7) is 9.54. The molecule has 2 rings (SSSR count). The van der Waals surface area contributed by atoms with E-state index in [-0.39, 0.29) is 5.91 Å². The van der Waals surface area contributed by atoms with Gasteiger partial charge in [0.1, 0.15) is 11.5 Å². The zero-order chi connectivity index (χ0) is 16.8. The molecule has 23 heavy (non-hydrogen) atoms. The number of nitrogens with zero attached hydrogens (tertiary/aromatic N) is 3. The van der Waals surface area contributed by atoms with Crippen LogP contribution in [-0.4, -0.2) is 33.9 Å². The summed E-state index contributed by atoms with van der Waals surface area (Å²) in [6.07, 6.45) is 3.13. The molecule has 0 aliphatic rings. The predicted molar refractivity (Wildman–Crippen MR) is 93.1 cm³/mol. The van der Waals surface area contributed by atoms with Gasteiger partial charge < -0.3 is 10.2 Å². The van der Waals surface area contributed by atoms with Crippen LogP contribution in [0.3, 0.4) is 0 Å². The van der Waals surface area contributed by atoms with Gasteiger partial charge in [0.2, 0.25) is 0 Å². The Morgan fingerprint density at radius 1 is 1.13 bits per heavy atom. The Hall–Kier alpha value is -2.43. The number of para-hydroxylation sites is 1. The molecule has 0 saturated heterocycles. The Bertz CT molecular complexity index is 648. The van der Waals surface area contributed by atoms with Crippen LogP contribution >= 0.6 is 0 Å². The van der Waals surface area contributed by atoms with Crippen molar-refractivity contribution in [3.63, 3.8) is 0 Å². The third kappa shape index (κ3) is 4.06. The third-order valence-corrected chi connectivity index (χ3v) is 3.77. The second-order valence-corrected chi connectivity index (χ2v) is 5.63. The molecule has 0 aliphatic heterocycles. The first-order chi connectivity index (χ1) is 11.1. The van der Waals surface area contributed by atoms with Gasteiger partial charge in [-0.2, -0.15) is 0 Å². The number of carbonyl (C=O) groups excluding carboxylic acids is 1. The van der Waals surface area contributed by atoms with Crippen molar-refractivity contribution in [2.24, 2.45) is 0 Å². The van der Waals surface area contributed by atoms with Gasteiger partial charge in [-0.3, -0.25) is 4.79 Å². The van der Waals surface area contributed by atoms with Crippen LogP contribution in [-0.2, 0) is 0 Å². The summed E-state index contributed by atoms with van der Waals surface area (Å²) >= 11 is 0. The monoisotopic (exact) mass is 312 g/mol. The number of aromatic nitrogens is 2. The number of benzene rings is 1. The van der Waals surface area contributed by atoms with Crippen molar-refractivity contribution in [1.82, 2.24) is 14.9 Å². The maximum Gasteiger partial charge on any atom is 0.274 e. The largest absolute Gasteiger partial charge is 0.339 e. The molecule has 0 saturated carbocycles. The van der Waals surface area contributed by atoms with Crippen LogP contribution in [0.1, 0.15) is 49.7 Å². The predicted octanol–water partition coefficient (Wildman–Crippen LogP) is 3.83. The zero-order valence-corrected chi connectivity index (χ0v) is 14.2. The lowest BCUT2D eigenvalue weighted by atomic mass is 10.0. The van der Waals surface area contributed by atoms with Gasteiger partial charge in [0.25, 0.3) is 5.91 Å². The fraction of sp³-hybridized carbons (Fsp3) is 0.389. The van der Waals surface area contributed by atoms with Gasteiger partial charge in [0, 0.05) is 18.8 Å². The molecule has 0 unspecified atom stereocenters. The highest BCUT2D eigenvalue weighted by Crippen LogP contribution is 2.25. The molecule has 0 aliphatic carbocycles. The Labute approximate surface area is 137 Å². The molecule has 1 aromatic heterocycles. The maximum absolute atomic E-state index is 12.2. The number of amides is 1. The summed E-state index contributed by atoms with van der Waals surface area (Å²) < 4.78 is 0. The first-order valence-electron chi connectivity index (χ1n) is 8.04. The molecular weight excluding hydrogens is 288 g/mol. The lowest BCUT2D eigenvalue weighted by molar-refractivity contribution is 0.0766. The first-order valence-corrected chi connectivity index (χ1v) is 8.04. The van der Waals surface area contributed by atoms with E-state index in [1.54, 1.807) is 11.1 Å². The van der Waals surface area contributed by atoms with Crippen molar-refractivity contribution in [3.8, 4) is 0 Å². The molecule has 0 atom stereocenters. The van der Waals surface area contributed by atoms with Crippen LogP contribution in [0, 0.1) is 0 Å². The molecule has 1 amide bonds. The fourth-order valence-corrected chi connectivity index (χ4v) is 2.43. The Morgan fingerprint density at radius 3 is 2.39 bits per heavy atom. The first kappa shape index (κ1) is 16.9. The second-order valence-electron chi connectivity index (χ2n) is 5.63. The van der Waals surface area contributed by atoms with E-state index in [4.69, 9.17) is 0 Å². The number of nitrogens with one attached hydrogen (secondary N) is 1. The highest BCUT2D eigenvalue weighted by molar-refractivity contribution is 5.92. The van der Waals surface area contributed by atoms with E-state index in [2.05, 4.69) is 35.2 Å². The Morgan fingerprint density at radius 2 is 1.83 bits per heavy atom. The summed E-state index contributed by atoms with van der Waals surface area (Å²) in [5.41, 5.74) is 2.61. The summed E-state index contributed by atoms with van der Waals surface area (Å²) in [6, 6.07) is 8.13. The minimum Gasteiger partial charge on any atom is -0.339 e. The van der Waals surface area contributed by atoms with Crippen LogP contribution in [0.2, 0.25) is 0 Å². The smallest absolute Gasteiger partial charge is 0.274 e. The number of hydrogen-bond acceptors (Lipinski definition) is 4. The van der Waals surface area contributed by atoms with Crippen molar-refractivity contribution in [3.05, 3.63) is 47.9 Å². The molecule has 122 valence electrons. The van der Waals surface area contributed by atoms with Crippen LogP contribution in [0.5, 0.6) is 0 Å². The van der Waals surface area contributed by atoms with Gasteiger partial charge in [-0.1, -0.05) is 32.0 Å². The number of rotatable bonds is 6. The zero-order valence-electron chi connectivity index (χ0n) is 14.2. The van der Waals surface area contributed by atoms with Crippen LogP contribution in [0.4, 0.5) is 11.5 Å². The molecule has 0 spiro atoms. The van der Waals surface area contributed by atoms with Crippen molar-refractivity contribution in [1.29, 1.82) is 0 Å². The average molecular weight is 312 g/mol. The molecule has 1 N–H and O–H groups in total. The van der Waals surface area contributed by atoms with Gasteiger partial charge in [0.05, 0.1) is 12.4 Å². The highest BCUT2D eigenvalue weighted by Gasteiger charge is 2.14. The summed E-state index contributed by atoms with van der Waals surface area (Å²) in [5, 5.41) is 3.28. The van der Waals surface area contributed by atoms with E-state index in [1.807, 2.05) is 32.0 Å². The van der Waals surface area contributed by atoms with E-state index in [0.29, 0.717) is 30.5 Å². The minimum atomic E-state index is -0.0865. The van der Waals surface area contributed by atoms with E-state index >= 15 is 0 Å². The lowest BCUT2D eigenvalue weighted by Gasteiger charge is -2.18. The second kappa shape index (κ2) is 7.72. The quantitative estimate of drug-likeness (QED) is 0.881. The summed E-state index contributed by atoms with van der Waals surface area (Å²) in [5.74, 6) is 0.959. The molecule has 0 radical (unpaired) electrons. The van der Waals surface area contributed by atoms with Crippen molar-refractivity contribution in [2.75, 3.05) is 18.4 Å². The highest BCUT2D eigenvalue weighted by atomic mass is 16.2. The Kier molecular flexibility index (Phi) is 5.68. The van der Waals surface area contributed by atoms with E-state index in [0.717, 1.165) is 5.69 Å². The van der Waals surface area contributed by atoms with Crippen LogP contribution in [0.25, 0.3) is 0 Å². The number of carbonyl (C=O) groups is 1. The molecule has 1 heterocycles. The Balaban J connectivity index is 2.16. The van der Waals surface area contributed by atoms with Gasteiger partial charge >= 0.3 is 0 Å². The molecule has 1 aromatic carbocycles. The average Bonchev–Trinajstić information content (AvgIpc) is 2.57. The van der Waals surface area contributed by atoms with Crippen molar-refractivity contribution in [2.45, 2.75) is 33.6 Å². The van der Waals surface area contributed by atoms with Gasteiger partial charge in [0.15, 0.2) is 0 Å². The van der Waals surface area contributed by atoms with E-state index in [9.17, 15) is 4.79 Å². The van der Waals surface area contributed by atoms with Crippen LogP contribution < -0.4 is 5.32 Å². The minimum absolute atomic E-state index is 0.0865. The van der Waals surface area contributed by atoms with Crippen molar-refractivity contribution >= 4 is 17.4 Å². The molecule has 5 nitrogen and oxygen atoms in total. The van der Waals surface area contributed by atoms with Gasteiger partial charge in [-0.05, 0) is 31.4 Å². The standard InChI is InChI=1S/C18H24N4O/c1-5-22(6-2)18(23)16-11-20-17(12-19-16)21-15-10-8-7-9-14(15)13(3)4/h7-13H,5-6H2,1-4H3,(H,20,21). The lowest BCUT2D eigenvalue weighted by Crippen LogP contribution is -2.31. The molecule has 0 fully saturated rings. The summed E-state index contributed by atoms with van der Waals surface area (Å²) in [7, 11) is 0. The fourth-order valence-electron chi connectivity index (χ4n) is 2.43. The third-order valence-electron chi connectivity index (χ3n) is 3.77. The van der Waals surface area contributed by atoms with E-state index in [1.165, 1.54) is 11.8 Å². The molecular formula is C18H24N4O. The van der Waals surface area contributed by atoms with E-state index < -0.39 is 0 Å². The van der Waals surface area contributed by atoms with Crippen LogP contribution in [0.15, 0.2) is 36.7 Å². The molecule has 5 heteroatoms. The molecule has 2 aromatic rings. The topological polar surface area (TPSA) is 58.1 Å². The van der Waals surface area contributed by atoms with Gasteiger partial charge in [-0.25, -0.2) is 9.97 Å². The maximum atomic E-state index is 12.2. The van der Waals surface area contributed by atoms with Gasteiger partial charge in [-0.15, -0.1) is 0 Å². The normalized spacial score (nSPS) is 10.7. The molecule has 0 bridgehead atoms. The number of anilines is 2. The summed E-state index contributed by atoms with van der Waals surface area (Å²) in [4.78, 5) is 22.5.